The number of nitrogens with zero attached hydrogens (tertiary/aromatic N) is 1. The van der Waals surface area contributed by atoms with Gasteiger partial charge in [0.15, 0.2) is 0 Å². The quantitative estimate of drug-likeness (QED) is 0.906. The Bertz CT molecular complexity index is 742. The SMILES string of the molecule is Cc1ccc(C(=O)NC(C)c2nc(C)c(C(=O)O)s2)cc1F. The van der Waals surface area contributed by atoms with Crippen molar-refractivity contribution in [1.29, 1.82) is 0 Å². The molecule has 0 aliphatic rings. The molecule has 1 aromatic carbocycles. The largest absolute Gasteiger partial charge is 0.477 e. The van der Waals surface area contributed by atoms with E-state index >= 15 is 0 Å². The van der Waals surface area contributed by atoms with Crippen LogP contribution in [0.5, 0.6) is 0 Å². The highest BCUT2D eigenvalue weighted by atomic mass is 32.1. The number of carboxylic acid groups (broad SMARTS) is 1. The van der Waals surface area contributed by atoms with Gasteiger partial charge >= 0.3 is 5.97 Å². The molecule has 0 aliphatic carbocycles. The van der Waals surface area contributed by atoms with E-state index in [1.165, 1.54) is 18.2 Å². The Kier molecular flexibility index (Phi) is 4.56. The molecular weight excluding hydrogens is 307 g/mol. The summed E-state index contributed by atoms with van der Waals surface area (Å²) in [4.78, 5) is 27.4. The molecule has 0 spiro atoms. The van der Waals surface area contributed by atoms with Gasteiger partial charge in [-0.25, -0.2) is 14.2 Å². The highest BCUT2D eigenvalue weighted by Crippen LogP contribution is 2.23. The molecule has 1 unspecified atom stereocenters. The van der Waals surface area contributed by atoms with Crippen LogP contribution in [-0.4, -0.2) is 22.0 Å². The second-order valence-electron chi connectivity index (χ2n) is 4.93. The molecule has 0 saturated carbocycles. The zero-order valence-electron chi connectivity index (χ0n) is 12.3. The zero-order valence-corrected chi connectivity index (χ0v) is 13.1. The Morgan fingerprint density at radius 3 is 2.59 bits per heavy atom. The third kappa shape index (κ3) is 3.30. The fourth-order valence-corrected chi connectivity index (χ4v) is 2.78. The number of thiazole rings is 1. The predicted octanol–water partition coefficient (Wildman–Crippen LogP) is 3.09. The van der Waals surface area contributed by atoms with Crippen molar-refractivity contribution in [3.8, 4) is 0 Å². The first-order valence-corrected chi connectivity index (χ1v) is 7.39. The molecule has 116 valence electrons. The van der Waals surface area contributed by atoms with Crippen LogP contribution in [0, 0.1) is 19.7 Å². The summed E-state index contributed by atoms with van der Waals surface area (Å²) in [5, 5.41) is 12.2. The van der Waals surface area contributed by atoms with E-state index in [9.17, 15) is 14.0 Å². The van der Waals surface area contributed by atoms with Gasteiger partial charge < -0.3 is 10.4 Å². The second-order valence-corrected chi connectivity index (χ2v) is 5.96. The van der Waals surface area contributed by atoms with Crippen molar-refractivity contribution in [2.75, 3.05) is 0 Å². The average Bonchev–Trinajstić information content (AvgIpc) is 2.84. The Hall–Kier alpha value is -2.28. The molecule has 0 saturated heterocycles. The van der Waals surface area contributed by atoms with E-state index in [1.807, 2.05) is 0 Å². The van der Waals surface area contributed by atoms with Crippen LogP contribution < -0.4 is 5.32 Å². The lowest BCUT2D eigenvalue weighted by Crippen LogP contribution is -2.26. The molecule has 2 aromatic rings. The molecule has 1 atom stereocenters. The van der Waals surface area contributed by atoms with E-state index < -0.39 is 23.7 Å². The van der Waals surface area contributed by atoms with Gasteiger partial charge in [-0.2, -0.15) is 0 Å². The normalized spacial score (nSPS) is 12.0. The molecule has 7 heteroatoms. The summed E-state index contributed by atoms with van der Waals surface area (Å²) in [6.45, 7) is 4.92. The Labute approximate surface area is 130 Å². The Morgan fingerprint density at radius 1 is 1.36 bits per heavy atom. The number of aromatic nitrogens is 1. The van der Waals surface area contributed by atoms with Gasteiger partial charge in [-0.05, 0) is 38.5 Å². The summed E-state index contributed by atoms with van der Waals surface area (Å²) < 4.78 is 13.5. The third-order valence-electron chi connectivity index (χ3n) is 3.16. The average molecular weight is 322 g/mol. The molecule has 5 nitrogen and oxygen atoms in total. The molecule has 22 heavy (non-hydrogen) atoms. The second kappa shape index (κ2) is 6.23. The zero-order chi connectivity index (χ0) is 16.4. The third-order valence-corrected chi connectivity index (χ3v) is 4.49. The number of aromatic carboxylic acids is 1. The standard InChI is InChI=1S/C15H15FN2O3S/c1-7-4-5-10(6-11(7)16)13(19)17-9(3)14-18-8(2)12(22-14)15(20)21/h4-6,9H,1-3H3,(H,17,19)(H,20,21). The number of benzene rings is 1. The highest BCUT2D eigenvalue weighted by molar-refractivity contribution is 7.13. The first-order valence-electron chi connectivity index (χ1n) is 6.57. The van der Waals surface area contributed by atoms with Crippen molar-refractivity contribution in [2.24, 2.45) is 0 Å². The summed E-state index contributed by atoms with van der Waals surface area (Å²) in [6.07, 6.45) is 0. The van der Waals surface area contributed by atoms with Crippen LogP contribution in [0.1, 0.15) is 49.3 Å². The van der Waals surface area contributed by atoms with Gasteiger partial charge in [0.1, 0.15) is 15.7 Å². The Morgan fingerprint density at radius 2 is 2.05 bits per heavy atom. The number of rotatable bonds is 4. The van der Waals surface area contributed by atoms with Crippen LogP contribution in [0.15, 0.2) is 18.2 Å². The highest BCUT2D eigenvalue weighted by Gasteiger charge is 2.19. The molecular formula is C15H15FN2O3S. The number of carbonyl (C=O) groups excluding carboxylic acids is 1. The molecule has 1 heterocycles. The minimum atomic E-state index is -1.04. The lowest BCUT2D eigenvalue weighted by molar-refractivity contribution is 0.0701. The van der Waals surface area contributed by atoms with Crippen molar-refractivity contribution in [2.45, 2.75) is 26.8 Å². The van der Waals surface area contributed by atoms with E-state index in [0.717, 1.165) is 11.3 Å². The fraction of sp³-hybridized carbons (Fsp3) is 0.267. The van der Waals surface area contributed by atoms with E-state index in [1.54, 1.807) is 20.8 Å². The van der Waals surface area contributed by atoms with Gasteiger partial charge in [-0.15, -0.1) is 11.3 Å². The summed E-state index contributed by atoms with van der Waals surface area (Å²) in [7, 11) is 0. The van der Waals surface area contributed by atoms with E-state index in [-0.39, 0.29) is 10.4 Å². The molecule has 0 fully saturated rings. The van der Waals surface area contributed by atoms with Crippen LogP contribution in [0.2, 0.25) is 0 Å². The van der Waals surface area contributed by atoms with Gasteiger partial charge in [0, 0.05) is 5.56 Å². The number of carbonyl (C=O) groups is 2. The number of aryl methyl sites for hydroxylation is 2. The van der Waals surface area contributed by atoms with Crippen molar-refractivity contribution in [3.05, 3.63) is 50.7 Å². The maximum absolute atomic E-state index is 13.5. The summed E-state index contributed by atoms with van der Waals surface area (Å²) in [5.74, 6) is -1.92. The van der Waals surface area contributed by atoms with Crippen LogP contribution in [0.25, 0.3) is 0 Å². The summed E-state index contributed by atoms with van der Waals surface area (Å²) in [6, 6.07) is 3.78. The van der Waals surface area contributed by atoms with Crippen molar-refractivity contribution in [3.63, 3.8) is 0 Å². The lowest BCUT2D eigenvalue weighted by Gasteiger charge is -2.11. The number of hydrogen-bond acceptors (Lipinski definition) is 4. The predicted molar refractivity (Wildman–Crippen MR) is 80.8 cm³/mol. The first kappa shape index (κ1) is 16.1. The number of carboxylic acids is 1. The number of halogens is 1. The number of amides is 1. The summed E-state index contributed by atoms with van der Waals surface area (Å²) in [5.41, 5.74) is 1.09. The van der Waals surface area contributed by atoms with Gasteiger partial charge in [0.05, 0.1) is 11.7 Å². The number of nitrogens with one attached hydrogen (secondary N) is 1. The van der Waals surface area contributed by atoms with Crippen LogP contribution in [0.4, 0.5) is 4.39 Å². The summed E-state index contributed by atoms with van der Waals surface area (Å²) >= 11 is 1.02. The maximum atomic E-state index is 13.5. The maximum Gasteiger partial charge on any atom is 0.347 e. The van der Waals surface area contributed by atoms with E-state index in [2.05, 4.69) is 10.3 Å². The molecule has 2 rings (SSSR count). The van der Waals surface area contributed by atoms with Crippen LogP contribution >= 0.6 is 11.3 Å². The lowest BCUT2D eigenvalue weighted by atomic mass is 10.1. The topological polar surface area (TPSA) is 79.3 Å². The van der Waals surface area contributed by atoms with Gasteiger partial charge in [0.2, 0.25) is 0 Å². The van der Waals surface area contributed by atoms with E-state index in [0.29, 0.717) is 16.3 Å². The van der Waals surface area contributed by atoms with Gasteiger partial charge in [-0.1, -0.05) is 6.07 Å². The number of hydrogen-bond donors (Lipinski definition) is 2. The molecule has 1 amide bonds. The van der Waals surface area contributed by atoms with Gasteiger partial charge in [0.25, 0.3) is 5.91 Å². The van der Waals surface area contributed by atoms with Gasteiger partial charge in [-0.3, -0.25) is 4.79 Å². The molecule has 2 N–H and O–H groups in total. The Balaban J connectivity index is 2.15. The smallest absolute Gasteiger partial charge is 0.347 e. The van der Waals surface area contributed by atoms with Crippen molar-refractivity contribution in [1.82, 2.24) is 10.3 Å². The minimum Gasteiger partial charge on any atom is -0.477 e. The van der Waals surface area contributed by atoms with E-state index in [4.69, 9.17) is 5.11 Å². The van der Waals surface area contributed by atoms with Crippen molar-refractivity contribution < 1.29 is 19.1 Å². The van der Waals surface area contributed by atoms with Crippen molar-refractivity contribution >= 4 is 23.2 Å². The monoisotopic (exact) mass is 322 g/mol. The first-order chi connectivity index (χ1) is 10.3. The molecule has 0 radical (unpaired) electrons. The minimum absolute atomic E-state index is 0.150. The van der Waals surface area contributed by atoms with Crippen LogP contribution in [0.3, 0.4) is 0 Å². The molecule has 1 aromatic heterocycles. The fourth-order valence-electron chi connectivity index (χ4n) is 1.88. The molecule has 0 aliphatic heterocycles. The van der Waals surface area contributed by atoms with Crippen LogP contribution in [-0.2, 0) is 0 Å². The molecule has 0 bridgehead atoms.